The van der Waals surface area contributed by atoms with Crippen LogP contribution in [0.5, 0.6) is 0 Å². The molecule has 3 saturated carbocycles. The second-order valence-electron chi connectivity index (χ2n) is 14.5. The molecular formula is C32H51N3O3. The minimum atomic E-state index is -0.311. The van der Waals surface area contributed by atoms with Crippen molar-refractivity contribution in [2.75, 3.05) is 19.6 Å². The number of nitrogens with zero attached hydrogens (tertiary/aromatic N) is 2. The van der Waals surface area contributed by atoms with Crippen LogP contribution in [0.2, 0.25) is 0 Å². The average Bonchev–Trinajstić information content (AvgIpc) is 3.44. The second kappa shape index (κ2) is 10.7. The van der Waals surface area contributed by atoms with E-state index in [-0.39, 0.29) is 16.9 Å². The van der Waals surface area contributed by atoms with Crippen LogP contribution in [-0.4, -0.2) is 48.2 Å². The van der Waals surface area contributed by atoms with Crippen LogP contribution in [0.1, 0.15) is 99.3 Å². The van der Waals surface area contributed by atoms with E-state index in [0.29, 0.717) is 60.9 Å². The van der Waals surface area contributed by atoms with Gasteiger partial charge in [0.1, 0.15) is 0 Å². The summed E-state index contributed by atoms with van der Waals surface area (Å²) in [4.78, 5) is 32.8. The van der Waals surface area contributed by atoms with Gasteiger partial charge in [0.2, 0.25) is 0 Å². The van der Waals surface area contributed by atoms with E-state index < -0.39 is 0 Å². The summed E-state index contributed by atoms with van der Waals surface area (Å²) in [7, 11) is 0. The van der Waals surface area contributed by atoms with Gasteiger partial charge in [0.05, 0.1) is 5.71 Å². The molecule has 5 rings (SSSR count). The van der Waals surface area contributed by atoms with Crippen LogP contribution in [0.15, 0.2) is 16.8 Å². The average molecular weight is 526 g/mol. The number of fused-ring (bicyclic) bond motifs is 5. The Morgan fingerprint density at radius 2 is 1.95 bits per heavy atom. The van der Waals surface area contributed by atoms with E-state index in [1.165, 1.54) is 31.3 Å². The predicted molar refractivity (Wildman–Crippen MR) is 152 cm³/mol. The Morgan fingerprint density at radius 1 is 1.16 bits per heavy atom. The molecule has 4 fully saturated rings. The van der Waals surface area contributed by atoms with Crippen molar-refractivity contribution in [3.8, 4) is 0 Å². The lowest BCUT2D eigenvalue weighted by Gasteiger charge is -2.58. The van der Waals surface area contributed by atoms with Gasteiger partial charge >= 0.3 is 6.09 Å². The summed E-state index contributed by atoms with van der Waals surface area (Å²) >= 11 is 0. The molecule has 0 bridgehead atoms. The smallest absolute Gasteiger partial charge is 0.312 e. The van der Waals surface area contributed by atoms with Crippen LogP contribution >= 0.6 is 0 Å². The monoisotopic (exact) mass is 525 g/mol. The molecule has 1 saturated heterocycles. The standard InChI is InChI=1S/C32H51N3O3/c1-20(2)18-35(19-24-15-21(3)17-33-24)30(37)38-34-22(4)27-9-10-28-26-8-7-23-16-25(36)11-13-31(23,5)29(26)12-14-32(27,28)6/h16,20-21,24,26-29,33H,7-15,17-19H2,1-6H3/b34-22+/t21?,24?,26-,27+,28-,29-,31-,32+/m0/s1. The molecule has 1 amide bonds. The highest BCUT2D eigenvalue weighted by Gasteiger charge is 2.59. The summed E-state index contributed by atoms with van der Waals surface area (Å²) in [5.74, 6) is 3.85. The zero-order valence-electron chi connectivity index (χ0n) is 24.7. The molecule has 8 atom stereocenters. The van der Waals surface area contributed by atoms with Crippen molar-refractivity contribution in [1.29, 1.82) is 0 Å². The number of amides is 1. The van der Waals surface area contributed by atoms with Crippen LogP contribution in [0.3, 0.4) is 0 Å². The SMILES string of the molecule is C/C(=N\OC(=O)N(CC(C)C)CC1CC(C)CN1)[C@H]1CC[C@H]2[C@@H]3CCC4=CC(=O)CC[C@]4(C)[C@H]3CC[C@]12C. The molecular weight excluding hydrogens is 474 g/mol. The van der Waals surface area contributed by atoms with Crippen molar-refractivity contribution in [2.24, 2.45) is 51.5 Å². The lowest BCUT2D eigenvalue weighted by Crippen LogP contribution is -2.51. The van der Waals surface area contributed by atoms with Gasteiger partial charge in [0.25, 0.3) is 0 Å². The highest BCUT2D eigenvalue weighted by Crippen LogP contribution is 2.66. The molecule has 0 radical (unpaired) electrons. The molecule has 38 heavy (non-hydrogen) atoms. The highest BCUT2D eigenvalue weighted by molar-refractivity contribution is 5.91. The van der Waals surface area contributed by atoms with Gasteiger partial charge in [0.15, 0.2) is 5.78 Å². The van der Waals surface area contributed by atoms with Crippen LogP contribution < -0.4 is 5.32 Å². The number of carbonyl (C=O) groups is 2. The summed E-state index contributed by atoms with van der Waals surface area (Å²) in [6, 6.07) is 0.334. The van der Waals surface area contributed by atoms with E-state index in [1.54, 1.807) is 0 Å². The van der Waals surface area contributed by atoms with Crippen LogP contribution in [0.25, 0.3) is 0 Å². The maximum atomic E-state index is 13.1. The largest absolute Gasteiger partial charge is 0.436 e. The first kappa shape index (κ1) is 27.9. The lowest BCUT2D eigenvalue weighted by atomic mass is 9.46. The molecule has 2 unspecified atom stereocenters. The lowest BCUT2D eigenvalue weighted by molar-refractivity contribution is -0.117. The van der Waals surface area contributed by atoms with Crippen molar-refractivity contribution in [1.82, 2.24) is 10.2 Å². The maximum absolute atomic E-state index is 13.1. The Labute approximate surface area is 230 Å². The molecule has 6 heteroatoms. The summed E-state index contributed by atoms with van der Waals surface area (Å²) in [5, 5.41) is 8.06. The van der Waals surface area contributed by atoms with E-state index in [4.69, 9.17) is 4.84 Å². The minimum Gasteiger partial charge on any atom is -0.312 e. The molecule has 0 aromatic heterocycles. The summed E-state index contributed by atoms with van der Waals surface area (Å²) in [6.07, 6.45) is 11.7. The van der Waals surface area contributed by atoms with E-state index >= 15 is 0 Å². The Bertz CT molecular complexity index is 988. The molecule has 1 N–H and O–H groups in total. The number of ketones is 1. The van der Waals surface area contributed by atoms with E-state index in [9.17, 15) is 9.59 Å². The topological polar surface area (TPSA) is 71.0 Å². The quantitative estimate of drug-likeness (QED) is 0.241. The highest BCUT2D eigenvalue weighted by atomic mass is 16.7. The van der Waals surface area contributed by atoms with Crippen molar-refractivity contribution >= 4 is 17.6 Å². The van der Waals surface area contributed by atoms with Gasteiger partial charge in [-0.05, 0) is 111 Å². The Balaban J connectivity index is 1.26. The molecule has 0 spiro atoms. The first-order valence-electron chi connectivity index (χ1n) is 15.5. The summed E-state index contributed by atoms with van der Waals surface area (Å²) in [6.45, 7) is 16.0. The van der Waals surface area contributed by atoms with Crippen molar-refractivity contribution in [2.45, 2.75) is 105 Å². The number of rotatable bonds is 6. The van der Waals surface area contributed by atoms with Gasteiger partial charge in [-0.15, -0.1) is 0 Å². The van der Waals surface area contributed by atoms with Gasteiger partial charge < -0.3 is 10.2 Å². The number of nitrogens with one attached hydrogen (secondary N) is 1. The Morgan fingerprint density at radius 3 is 2.66 bits per heavy atom. The fourth-order valence-electron chi connectivity index (χ4n) is 9.57. The van der Waals surface area contributed by atoms with Crippen LogP contribution in [-0.2, 0) is 9.63 Å². The number of oxime groups is 1. The molecule has 5 aliphatic rings. The first-order valence-corrected chi connectivity index (χ1v) is 15.5. The third-order valence-corrected chi connectivity index (χ3v) is 11.5. The molecule has 212 valence electrons. The van der Waals surface area contributed by atoms with Gasteiger partial charge in [0, 0.05) is 31.5 Å². The Kier molecular flexibility index (Phi) is 7.85. The number of carbonyl (C=O) groups excluding carboxylic acids is 2. The van der Waals surface area contributed by atoms with Gasteiger partial charge in [-0.25, -0.2) is 4.79 Å². The minimum absolute atomic E-state index is 0.209. The maximum Gasteiger partial charge on any atom is 0.436 e. The normalized spacial score (nSPS) is 40.9. The molecule has 4 aliphatic carbocycles. The number of hydrogen-bond donors (Lipinski definition) is 1. The first-order chi connectivity index (χ1) is 18.0. The predicted octanol–water partition coefficient (Wildman–Crippen LogP) is 6.60. The van der Waals surface area contributed by atoms with Gasteiger partial charge in [-0.2, -0.15) is 0 Å². The van der Waals surface area contributed by atoms with E-state index in [0.717, 1.165) is 43.9 Å². The van der Waals surface area contributed by atoms with Crippen molar-refractivity contribution in [3.05, 3.63) is 11.6 Å². The summed E-state index contributed by atoms with van der Waals surface area (Å²) in [5.41, 5.74) is 2.85. The molecule has 0 aromatic carbocycles. The van der Waals surface area contributed by atoms with Crippen molar-refractivity contribution < 1.29 is 14.4 Å². The fourth-order valence-corrected chi connectivity index (χ4v) is 9.57. The number of hydrogen-bond acceptors (Lipinski definition) is 5. The third kappa shape index (κ3) is 5.11. The summed E-state index contributed by atoms with van der Waals surface area (Å²) < 4.78 is 0. The number of allylic oxidation sites excluding steroid dienone is 1. The van der Waals surface area contributed by atoms with Crippen LogP contribution in [0.4, 0.5) is 4.79 Å². The molecule has 1 heterocycles. The molecule has 0 aromatic rings. The zero-order valence-corrected chi connectivity index (χ0v) is 24.7. The van der Waals surface area contributed by atoms with Gasteiger partial charge in [-0.1, -0.05) is 45.3 Å². The zero-order chi connectivity index (χ0) is 27.2. The molecule has 6 nitrogen and oxygen atoms in total. The fraction of sp³-hybridized carbons (Fsp3) is 0.844. The molecule has 1 aliphatic heterocycles. The van der Waals surface area contributed by atoms with E-state index in [2.05, 4.69) is 52.0 Å². The van der Waals surface area contributed by atoms with Crippen LogP contribution in [0, 0.1) is 46.3 Å². The van der Waals surface area contributed by atoms with Crippen molar-refractivity contribution in [3.63, 3.8) is 0 Å². The third-order valence-electron chi connectivity index (χ3n) is 11.5. The second-order valence-corrected chi connectivity index (χ2v) is 14.5. The van der Waals surface area contributed by atoms with Gasteiger partial charge in [-0.3, -0.25) is 9.63 Å². The Hall–Kier alpha value is -1.69. The van der Waals surface area contributed by atoms with E-state index in [1.807, 2.05) is 11.0 Å².